The van der Waals surface area contributed by atoms with E-state index in [1.165, 1.54) is 6.42 Å². The third-order valence-electron chi connectivity index (χ3n) is 3.42. The molecule has 4 heteroatoms. The van der Waals surface area contributed by atoms with Crippen molar-refractivity contribution in [3.63, 3.8) is 0 Å². The molecule has 0 aromatic heterocycles. The fourth-order valence-electron chi connectivity index (χ4n) is 2.55. The number of benzene rings is 1. The molecule has 1 atom stereocenters. The fourth-order valence-corrected chi connectivity index (χ4v) is 2.55. The second-order valence-electron chi connectivity index (χ2n) is 4.58. The van der Waals surface area contributed by atoms with Crippen LogP contribution in [0.25, 0.3) is 0 Å². The number of hydrogen-bond acceptors (Lipinski definition) is 3. The lowest BCUT2D eigenvalue weighted by atomic mass is 10.0. The van der Waals surface area contributed by atoms with Crippen LogP contribution in [0.1, 0.15) is 30.9 Å². The van der Waals surface area contributed by atoms with Crippen LogP contribution in [0.4, 0.5) is 0 Å². The molecule has 1 heterocycles. The molecule has 1 saturated heterocycles. The molecular weight excluding hydrogens is 230 g/mol. The molecule has 1 N–H and O–H groups in total. The zero-order valence-corrected chi connectivity index (χ0v) is 10.6. The Bertz CT molecular complexity index is 413. The Labute approximate surface area is 107 Å². The van der Waals surface area contributed by atoms with Crippen LogP contribution in [0.15, 0.2) is 24.3 Å². The predicted molar refractivity (Wildman–Crippen MR) is 68.8 cm³/mol. The number of rotatable bonds is 4. The van der Waals surface area contributed by atoms with Gasteiger partial charge in [0, 0.05) is 5.56 Å². The van der Waals surface area contributed by atoms with E-state index >= 15 is 0 Å². The summed E-state index contributed by atoms with van der Waals surface area (Å²) >= 11 is 0. The number of aliphatic carboxylic acids is 1. The van der Waals surface area contributed by atoms with Crippen LogP contribution in [-0.2, 0) is 4.79 Å². The summed E-state index contributed by atoms with van der Waals surface area (Å²) in [5.74, 6) is -0.156. The third-order valence-corrected chi connectivity index (χ3v) is 3.42. The Morgan fingerprint density at radius 1 is 1.28 bits per heavy atom. The number of para-hydroxylation sites is 1. The smallest absolute Gasteiger partial charge is 0.325 e. The number of piperidine rings is 1. The van der Waals surface area contributed by atoms with E-state index in [9.17, 15) is 9.90 Å². The Morgan fingerprint density at radius 2 is 1.94 bits per heavy atom. The normalized spacial score (nSPS) is 18.3. The molecule has 1 aromatic rings. The Morgan fingerprint density at radius 3 is 2.56 bits per heavy atom. The number of ether oxygens (including phenoxy) is 1. The van der Waals surface area contributed by atoms with Crippen LogP contribution in [0.5, 0.6) is 5.75 Å². The number of hydrogen-bond donors (Lipinski definition) is 1. The summed E-state index contributed by atoms with van der Waals surface area (Å²) in [6.45, 7) is 1.68. The van der Waals surface area contributed by atoms with Crippen LogP contribution in [0.2, 0.25) is 0 Å². The topological polar surface area (TPSA) is 49.8 Å². The number of carbonyl (C=O) groups is 1. The van der Waals surface area contributed by atoms with E-state index in [0.29, 0.717) is 5.75 Å². The van der Waals surface area contributed by atoms with E-state index in [1.54, 1.807) is 7.11 Å². The Balaban J connectivity index is 2.31. The fraction of sp³-hybridized carbons (Fsp3) is 0.500. The van der Waals surface area contributed by atoms with Gasteiger partial charge >= 0.3 is 5.97 Å². The highest BCUT2D eigenvalue weighted by molar-refractivity contribution is 5.76. The average molecular weight is 249 g/mol. The summed E-state index contributed by atoms with van der Waals surface area (Å²) in [6.07, 6.45) is 3.33. The van der Waals surface area contributed by atoms with E-state index in [-0.39, 0.29) is 0 Å². The van der Waals surface area contributed by atoms with E-state index in [1.807, 2.05) is 29.2 Å². The minimum absolute atomic E-state index is 0.596. The number of carboxylic acid groups (broad SMARTS) is 1. The van der Waals surface area contributed by atoms with Gasteiger partial charge in [0.05, 0.1) is 7.11 Å². The molecule has 1 aliphatic rings. The molecule has 0 aliphatic carbocycles. The maximum Gasteiger partial charge on any atom is 0.325 e. The van der Waals surface area contributed by atoms with Gasteiger partial charge in [-0.3, -0.25) is 9.69 Å². The summed E-state index contributed by atoms with van der Waals surface area (Å²) in [5, 5.41) is 9.50. The largest absolute Gasteiger partial charge is 0.496 e. The van der Waals surface area contributed by atoms with Crippen molar-refractivity contribution < 1.29 is 14.6 Å². The van der Waals surface area contributed by atoms with Crippen molar-refractivity contribution in [2.75, 3.05) is 20.2 Å². The van der Waals surface area contributed by atoms with Gasteiger partial charge < -0.3 is 9.84 Å². The highest BCUT2D eigenvalue weighted by Crippen LogP contribution is 2.31. The van der Waals surface area contributed by atoms with Crippen LogP contribution in [-0.4, -0.2) is 36.2 Å². The van der Waals surface area contributed by atoms with E-state index < -0.39 is 12.0 Å². The van der Waals surface area contributed by atoms with Gasteiger partial charge in [-0.25, -0.2) is 0 Å². The average Bonchev–Trinajstić information content (AvgIpc) is 2.40. The van der Waals surface area contributed by atoms with E-state index in [2.05, 4.69) is 0 Å². The summed E-state index contributed by atoms with van der Waals surface area (Å²) in [5.41, 5.74) is 0.745. The molecule has 0 bridgehead atoms. The van der Waals surface area contributed by atoms with Crippen molar-refractivity contribution in [2.45, 2.75) is 25.3 Å². The van der Waals surface area contributed by atoms with E-state index in [4.69, 9.17) is 4.74 Å². The second-order valence-corrected chi connectivity index (χ2v) is 4.58. The SMILES string of the molecule is COc1ccccc1[C@H](C(=O)O)N1CCCCC1. The summed E-state index contributed by atoms with van der Waals surface area (Å²) in [6, 6.07) is 6.78. The third kappa shape index (κ3) is 2.64. The molecule has 0 amide bonds. The lowest BCUT2D eigenvalue weighted by Gasteiger charge is -2.32. The highest BCUT2D eigenvalue weighted by atomic mass is 16.5. The molecule has 0 unspecified atom stereocenters. The minimum atomic E-state index is -0.804. The first-order chi connectivity index (χ1) is 8.74. The maximum absolute atomic E-state index is 11.6. The molecule has 1 aromatic carbocycles. The summed E-state index contributed by atoms with van der Waals surface area (Å²) < 4.78 is 5.28. The van der Waals surface area contributed by atoms with Gasteiger partial charge in [-0.1, -0.05) is 24.6 Å². The van der Waals surface area contributed by atoms with Gasteiger partial charge in [0.25, 0.3) is 0 Å². The van der Waals surface area contributed by atoms with Crippen molar-refractivity contribution in [2.24, 2.45) is 0 Å². The van der Waals surface area contributed by atoms with Crippen LogP contribution in [0.3, 0.4) is 0 Å². The van der Waals surface area contributed by atoms with Crippen molar-refractivity contribution in [1.82, 2.24) is 4.90 Å². The predicted octanol–water partition coefficient (Wildman–Crippen LogP) is 2.31. The summed E-state index contributed by atoms with van der Waals surface area (Å²) in [4.78, 5) is 13.6. The number of likely N-dealkylation sites (tertiary alicyclic amines) is 1. The van der Waals surface area contributed by atoms with Crippen LogP contribution < -0.4 is 4.74 Å². The standard InChI is InChI=1S/C14H19NO3/c1-18-12-8-4-3-7-11(12)13(14(16)17)15-9-5-2-6-10-15/h3-4,7-8,13H,2,5-6,9-10H2,1H3,(H,16,17)/t13-/m1/s1. The van der Waals surface area contributed by atoms with Crippen molar-refractivity contribution in [1.29, 1.82) is 0 Å². The maximum atomic E-state index is 11.6. The van der Waals surface area contributed by atoms with Gasteiger partial charge in [-0.05, 0) is 32.0 Å². The monoisotopic (exact) mass is 249 g/mol. The molecule has 0 saturated carbocycles. The highest BCUT2D eigenvalue weighted by Gasteiger charge is 2.30. The molecule has 0 radical (unpaired) electrons. The van der Waals surface area contributed by atoms with Crippen LogP contribution >= 0.6 is 0 Å². The number of methoxy groups -OCH3 is 1. The molecule has 0 spiro atoms. The molecule has 4 nitrogen and oxygen atoms in total. The van der Waals surface area contributed by atoms with Crippen molar-refractivity contribution >= 4 is 5.97 Å². The number of nitrogens with zero attached hydrogens (tertiary/aromatic N) is 1. The van der Waals surface area contributed by atoms with E-state index in [0.717, 1.165) is 31.5 Å². The molecule has 2 rings (SSSR count). The van der Waals surface area contributed by atoms with Crippen molar-refractivity contribution in [3.05, 3.63) is 29.8 Å². The zero-order valence-electron chi connectivity index (χ0n) is 10.6. The van der Waals surface area contributed by atoms with Gasteiger partial charge in [0.2, 0.25) is 0 Å². The first kappa shape index (κ1) is 12.9. The molecule has 1 aliphatic heterocycles. The first-order valence-corrected chi connectivity index (χ1v) is 6.34. The second kappa shape index (κ2) is 5.87. The number of carboxylic acids is 1. The molecule has 18 heavy (non-hydrogen) atoms. The van der Waals surface area contributed by atoms with Crippen molar-refractivity contribution in [3.8, 4) is 5.75 Å². The zero-order chi connectivity index (χ0) is 13.0. The van der Waals surface area contributed by atoms with Gasteiger partial charge in [0.15, 0.2) is 0 Å². The first-order valence-electron chi connectivity index (χ1n) is 6.34. The lowest BCUT2D eigenvalue weighted by molar-refractivity contribution is -0.144. The quantitative estimate of drug-likeness (QED) is 0.889. The summed E-state index contributed by atoms with van der Waals surface area (Å²) in [7, 11) is 1.58. The minimum Gasteiger partial charge on any atom is -0.496 e. The van der Waals surface area contributed by atoms with Crippen LogP contribution in [0, 0.1) is 0 Å². The lowest BCUT2D eigenvalue weighted by Crippen LogP contribution is -2.38. The Kier molecular flexibility index (Phi) is 4.20. The van der Waals surface area contributed by atoms with Gasteiger partial charge in [-0.15, -0.1) is 0 Å². The molecule has 98 valence electrons. The molecule has 1 fully saturated rings. The molecular formula is C14H19NO3. The van der Waals surface area contributed by atoms with Gasteiger partial charge in [-0.2, -0.15) is 0 Å². The van der Waals surface area contributed by atoms with Gasteiger partial charge in [0.1, 0.15) is 11.8 Å². The Hall–Kier alpha value is -1.55.